The summed E-state index contributed by atoms with van der Waals surface area (Å²) in [6.45, 7) is 0.174. The molecular formula is C22H21ClN2O6S. The van der Waals surface area contributed by atoms with Gasteiger partial charge in [0.15, 0.2) is 11.5 Å². The number of carbonyl (C=O) groups excluding carboxylic acids is 3. The van der Waals surface area contributed by atoms with Crippen LogP contribution in [0.4, 0.5) is 4.79 Å². The number of amides is 3. The maximum Gasteiger partial charge on any atom is 0.293 e. The lowest BCUT2D eigenvalue weighted by atomic mass is 10.1. The van der Waals surface area contributed by atoms with Crippen LogP contribution >= 0.6 is 23.4 Å². The highest BCUT2D eigenvalue weighted by molar-refractivity contribution is 8.18. The Morgan fingerprint density at radius 1 is 1.06 bits per heavy atom. The molecule has 168 valence electrons. The van der Waals surface area contributed by atoms with Crippen LogP contribution in [0.5, 0.6) is 17.2 Å². The first-order valence-corrected chi connectivity index (χ1v) is 10.7. The molecule has 10 heteroatoms. The first-order chi connectivity index (χ1) is 15.4. The van der Waals surface area contributed by atoms with Crippen molar-refractivity contribution in [1.82, 2.24) is 10.2 Å². The van der Waals surface area contributed by atoms with Crippen LogP contribution in [0, 0.1) is 0 Å². The fraction of sp³-hybridized carbons (Fsp3) is 0.227. The maximum atomic E-state index is 12.7. The minimum Gasteiger partial charge on any atom is -0.493 e. The SMILES string of the molecule is COc1cc(C=C2SC(=O)N(CCNC(=O)c3ccc(Cl)cc3)C2=O)cc(OC)c1OC. The van der Waals surface area contributed by atoms with Crippen molar-refractivity contribution in [3.63, 3.8) is 0 Å². The summed E-state index contributed by atoms with van der Waals surface area (Å²) in [4.78, 5) is 38.6. The molecule has 8 nitrogen and oxygen atoms in total. The Bertz CT molecular complexity index is 1050. The molecule has 3 rings (SSSR count). The molecule has 0 unspecified atom stereocenters. The van der Waals surface area contributed by atoms with Crippen LogP contribution in [-0.4, -0.2) is 56.4 Å². The van der Waals surface area contributed by atoms with E-state index in [1.54, 1.807) is 42.5 Å². The number of hydrogen-bond donors (Lipinski definition) is 1. The Hall–Kier alpha value is -3.17. The van der Waals surface area contributed by atoms with Gasteiger partial charge in [0, 0.05) is 23.7 Å². The van der Waals surface area contributed by atoms with Crippen molar-refractivity contribution in [2.75, 3.05) is 34.4 Å². The van der Waals surface area contributed by atoms with Gasteiger partial charge in [0.2, 0.25) is 5.75 Å². The molecule has 2 aromatic rings. The van der Waals surface area contributed by atoms with Gasteiger partial charge in [-0.15, -0.1) is 0 Å². The van der Waals surface area contributed by atoms with Crippen molar-refractivity contribution < 1.29 is 28.6 Å². The maximum absolute atomic E-state index is 12.7. The number of ether oxygens (including phenoxy) is 3. The van der Waals surface area contributed by atoms with E-state index in [4.69, 9.17) is 25.8 Å². The highest BCUT2D eigenvalue weighted by atomic mass is 35.5. The molecule has 0 atom stereocenters. The van der Waals surface area contributed by atoms with Gasteiger partial charge in [0.25, 0.3) is 17.1 Å². The van der Waals surface area contributed by atoms with Crippen molar-refractivity contribution in [3.05, 3.63) is 57.5 Å². The van der Waals surface area contributed by atoms with Crippen molar-refractivity contribution in [2.45, 2.75) is 0 Å². The van der Waals surface area contributed by atoms with E-state index in [-0.39, 0.29) is 23.9 Å². The first kappa shape index (κ1) is 23.5. The molecular weight excluding hydrogens is 456 g/mol. The Morgan fingerprint density at radius 3 is 2.25 bits per heavy atom. The predicted octanol–water partition coefficient (Wildman–Crippen LogP) is 3.83. The summed E-state index contributed by atoms with van der Waals surface area (Å²) in [5.74, 6) is 0.539. The van der Waals surface area contributed by atoms with Crippen molar-refractivity contribution in [2.24, 2.45) is 0 Å². The third-order valence-electron chi connectivity index (χ3n) is 4.59. The van der Waals surface area contributed by atoms with Crippen LogP contribution in [0.15, 0.2) is 41.3 Å². The average Bonchev–Trinajstić information content (AvgIpc) is 3.05. The van der Waals surface area contributed by atoms with Crippen LogP contribution in [0.25, 0.3) is 6.08 Å². The molecule has 1 aliphatic heterocycles. The van der Waals surface area contributed by atoms with Crippen LogP contribution in [0.1, 0.15) is 15.9 Å². The van der Waals surface area contributed by atoms with Gasteiger partial charge in [-0.2, -0.15) is 0 Å². The van der Waals surface area contributed by atoms with Crippen molar-refractivity contribution in [1.29, 1.82) is 0 Å². The number of nitrogens with zero attached hydrogens (tertiary/aromatic N) is 1. The summed E-state index contributed by atoms with van der Waals surface area (Å²) in [6, 6.07) is 9.78. The molecule has 32 heavy (non-hydrogen) atoms. The van der Waals surface area contributed by atoms with Gasteiger partial charge in [0.05, 0.1) is 26.2 Å². The van der Waals surface area contributed by atoms with Crippen LogP contribution in [0.2, 0.25) is 5.02 Å². The highest BCUT2D eigenvalue weighted by Gasteiger charge is 2.34. The van der Waals surface area contributed by atoms with E-state index in [0.717, 1.165) is 16.7 Å². The molecule has 1 aliphatic rings. The zero-order valence-corrected chi connectivity index (χ0v) is 19.2. The second-order valence-corrected chi connectivity index (χ2v) is 7.98. The van der Waals surface area contributed by atoms with Gasteiger partial charge in [-0.1, -0.05) is 11.6 Å². The highest BCUT2D eigenvalue weighted by Crippen LogP contribution is 2.40. The number of imide groups is 1. The number of halogens is 1. The van der Waals surface area contributed by atoms with E-state index in [1.807, 2.05) is 0 Å². The molecule has 0 aromatic heterocycles. The van der Waals surface area contributed by atoms with Crippen molar-refractivity contribution >= 4 is 46.5 Å². The van der Waals surface area contributed by atoms with E-state index in [1.165, 1.54) is 21.3 Å². The monoisotopic (exact) mass is 476 g/mol. The number of nitrogens with one attached hydrogen (secondary N) is 1. The quantitative estimate of drug-likeness (QED) is 0.578. The third-order valence-corrected chi connectivity index (χ3v) is 5.75. The van der Waals surface area contributed by atoms with Gasteiger partial charge in [-0.3, -0.25) is 19.3 Å². The molecule has 2 aromatic carbocycles. The largest absolute Gasteiger partial charge is 0.493 e. The Kier molecular flexibility index (Phi) is 7.66. The Morgan fingerprint density at radius 2 is 1.69 bits per heavy atom. The number of hydrogen-bond acceptors (Lipinski definition) is 7. The first-order valence-electron chi connectivity index (χ1n) is 9.47. The summed E-state index contributed by atoms with van der Waals surface area (Å²) >= 11 is 6.65. The van der Waals surface area contributed by atoms with Crippen LogP contribution in [0.3, 0.4) is 0 Å². The lowest BCUT2D eigenvalue weighted by Crippen LogP contribution is -2.37. The molecule has 3 amide bonds. The lowest BCUT2D eigenvalue weighted by molar-refractivity contribution is -0.122. The molecule has 1 N–H and O–H groups in total. The molecule has 0 spiro atoms. The summed E-state index contributed by atoms with van der Waals surface area (Å²) in [5, 5.41) is 2.81. The number of methoxy groups -OCH3 is 3. The average molecular weight is 477 g/mol. The zero-order chi connectivity index (χ0) is 23.3. The summed E-state index contributed by atoms with van der Waals surface area (Å²) < 4.78 is 15.9. The Labute approximate surface area is 194 Å². The number of thioether (sulfide) groups is 1. The molecule has 0 radical (unpaired) electrons. The van der Waals surface area contributed by atoms with Crippen LogP contribution in [-0.2, 0) is 4.79 Å². The number of carbonyl (C=O) groups is 3. The minimum atomic E-state index is -0.436. The van der Waals surface area contributed by atoms with E-state index < -0.39 is 11.1 Å². The smallest absolute Gasteiger partial charge is 0.293 e. The summed E-state index contributed by atoms with van der Waals surface area (Å²) in [6.07, 6.45) is 1.58. The second-order valence-electron chi connectivity index (χ2n) is 6.55. The fourth-order valence-corrected chi connectivity index (χ4v) is 4.00. The topological polar surface area (TPSA) is 94.2 Å². The molecule has 0 aliphatic carbocycles. The van der Waals surface area contributed by atoms with Gasteiger partial charge in [-0.25, -0.2) is 0 Å². The standard InChI is InChI=1S/C22H21ClN2O6S/c1-29-16-10-13(11-17(30-2)19(16)31-3)12-18-21(27)25(22(28)32-18)9-8-24-20(26)14-4-6-15(23)7-5-14/h4-7,10-12H,8-9H2,1-3H3,(H,24,26). The fourth-order valence-electron chi connectivity index (χ4n) is 3.01. The van der Waals surface area contributed by atoms with E-state index in [0.29, 0.717) is 33.4 Å². The summed E-state index contributed by atoms with van der Waals surface area (Å²) in [5.41, 5.74) is 1.05. The molecule has 0 saturated carbocycles. The molecule has 1 fully saturated rings. The second kappa shape index (κ2) is 10.4. The third kappa shape index (κ3) is 5.17. The van der Waals surface area contributed by atoms with E-state index >= 15 is 0 Å². The molecule has 1 heterocycles. The van der Waals surface area contributed by atoms with Gasteiger partial charge in [0.1, 0.15) is 0 Å². The number of benzene rings is 2. The van der Waals surface area contributed by atoms with E-state index in [9.17, 15) is 14.4 Å². The lowest BCUT2D eigenvalue weighted by Gasteiger charge is -2.13. The molecule has 0 bridgehead atoms. The van der Waals surface area contributed by atoms with E-state index in [2.05, 4.69) is 5.32 Å². The number of rotatable bonds is 8. The van der Waals surface area contributed by atoms with Crippen LogP contribution < -0.4 is 19.5 Å². The predicted molar refractivity (Wildman–Crippen MR) is 123 cm³/mol. The van der Waals surface area contributed by atoms with Gasteiger partial charge in [-0.05, 0) is 59.8 Å². The Balaban J connectivity index is 1.68. The van der Waals surface area contributed by atoms with Gasteiger partial charge >= 0.3 is 0 Å². The van der Waals surface area contributed by atoms with Gasteiger partial charge < -0.3 is 19.5 Å². The normalized spacial score (nSPS) is 14.6. The minimum absolute atomic E-state index is 0.0522. The van der Waals surface area contributed by atoms with Crippen molar-refractivity contribution in [3.8, 4) is 17.2 Å². The zero-order valence-electron chi connectivity index (χ0n) is 17.6. The molecule has 1 saturated heterocycles. The summed E-state index contributed by atoms with van der Waals surface area (Å²) in [7, 11) is 4.48.